The average molecular weight is 269 g/mol. The Labute approximate surface area is 116 Å². The van der Waals surface area contributed by atoms with Gasteiger partial charge in [-0.3, -0.25) is 4.79 Å². The van der Waals surface area contributed by atoms with Crippen LogP contribution in [0.15, 0.2) is 48.5 Å². The molecular weight excluding hydrogens is 254 g/mol. The molecule has 20 heavy (non-hydrogen) atoms. The van der Waals surface area contributed by atoms with Crippen molar-refractivity contribution >= 4 is 23.3 Å². The number of hydrogen-bond donors (Lipinski definition) is 3. The highest BCUT2D eigenvalue weighted by molar-refractivity contribution is 6.01. The second-order valence-corrected chi connectivity index (χ2v) is 4.34. The van der Waals surface area contributed by atoms with Crippen molar-refractivity contribution in [1.29, 1.82) is 0 Å². The van der Waals surface area contributed by atoms with Crippen LogP contribution >= 0.6 is 0 Å². The van der Waals surface area contributed by atoms with Crippen molar-refractivity contribution in [1.82, 2.24) is 0 Å². The van der Waals surface area contributed by atoms with E-state index < -0.39 is 5.91 Å². The zero-order valence-corrected chi connectivity index (χ0v) is 11.0. The van der Waals surface area contributed by atoms with Crippen LogP contribution in [0.3, 0.4) is 0 Å². The number of para-hydroxylation sites is 1. The first-order chi connectivity index (χ1) is 9.56. The van der Waals surface area contributed by atoms with Crippen molar-refractivity contribution in [2.75, 3.05) is 10.6 Å². The minimum atomic E-state index is -0.531. The maximum atomic E-state index is 11.9. The first-order valence-corrected chi connectivity index (χ1v) is 6.10. The Morgan fingerprint density at radius 3 is 2.35 bits per heavy atom. The van der Waals surface area contributed by atoms with Gasteiger partial charge in [-0.15, -0.1) is 0 Å². The summed E-state index contributed by atoms with van der Waals surface area (Å²) in [5, 5.41) is 5.40. The molecule has 0 unspecified atom stereocenters. The highest BCUT2D eigenvalue weighted by atomic mass is 16.2. The quantitative estimate of drug-likeness (QED) is 0.800. The molecule has 0 heterocycles. The van der Waals surface area contributed by atoms with E-state index in [9.17, 15) is 9.59 Å². The van der Waals surface area contributed by atoms with Crippen molar-refractivity contribution in [3.05, 3.63) is 59.7 Å². The van der Waals surface area contributed by atoms with Gasteiger partial charge in [0, 0.05) is 16.9 Å². The molecule has 0 spiro atoms. The Hall–Kier alpha value is -2.82. The topological polar surface area (TPSA) is 84.2 Å². The highest BCUT2D eigenvalue weighted by Gasteiger charge is 2.08. The first-order valence-electron chi connectivity index (χ1n) is 6.10. The Morgan fingerprint density at radius 1 is 1.00 bits per heavy atom. The monoisotopic (exact) mass is 269 g/mol. The smallest absolute Gasteiger partial charge is 0.323 e. The number of primary amides is 1. The number of hydrogen-bond acceptors (Lipinski definition) is 2. The van der Waals surface area contributed by atoms with Crippen LogP contribution in [-0.4, -0.2) is 11.9 Å². The van der Waals surface area contributed by atoms with Gasteiger partial charge in [0.2, 0.25) is 5.91 Å². The van der Waals surface area contributed by atoms with Crippen LogP contribution < -0.4 is 16.4 Å². The third-order valence-electron chi connectivity index (χ3n) is 2.80. The molecule has 0 bridgehead atoms. The van der Waals surface area contributed by atoms with E-state index >= 15 is 0 Å². The number of carbonyl (C=O) groups excluding carboxylic acids is 2. The van der Waals surface area contributed by atoms with Crippen LogP contribution in [0.5, 0.6) is 0 Å². The second kappa shape index (κ2) is 5.88. The molecule has 0 aromatic heterocycles. The van der Waals surface area contributed by atoms with Gasteiger partial charge in [0.25, 0.3) is 0 Å². The summed E-state index contributed by atoms with van der Waals surface area (Å²) in [5.74, 6) is -0.531. The molecule has 0 aliphatic carbocycles. The largest absolute Gasteiger partial charge is 0.366 e. The van der Waals surface area contributed by atoms with Gasteiger partial charge in [-0.05, 0) is 36.8 Å². The number of urea groups is 1. The van der Waals surface area contributed by atoms with Crippen LogP contribution in [0.4, 0.5) is 16.2 Å². The lowest BCUT2D eigenvalue weighted by molar-refractivity contribution is 0.100. The Balaban J connectivity index is 2.11. The van der Waals surface area contributed by atoms with E-state index in [1.165, 1.54) is 0 Å². The predicted octanol–water partition coefficient (Wildman–Crippen LogP) is 2.74. The van der Waals surface area contributed by atoms with E-state index in [2.05, 4.69) is 10.6 Å². The molecule has 0 saturated carbocycles. The third-order valence-corrected chi connectivity index (χ3v) is 2.80. The van der Waals surface area contributed by atoms with Crippen LogP contribution in [0.1, 0.15) is 15.9 Å². The SMILES string of the molecule is Cc1ccc(C(N)=O)cc1NC(=O)Nc1ccccc1. The Bertz CT molecular complexity index is 639. The van der Waals surface area contributed by atoms with Crippen LogP contribution in [-0.2, 0) is 0 Å². The second-order valence-electron chi connectivity index (χ2n) is 4.34. The third kappa shape index (κ3) is 3.35. The van der Waals surface area contributed by atoms with Gasteiger partial charge in [-0.25, -0.2) is 4.79 Å². The maximum Gasteiger partial charge on any atom is 0.323 e. The molecule has 0 aliphatic rings. The molecule has 4 N–H and O–H groups in total. The molecule has 0 radical (unpaired) electrons. The molecule has 5 heteroatoms. The molecule has 0 aliphatic heterocycles. The molecular formula is C15H15N3O2. The lowest BCUT2D eigenvalue weighted by Crippen LogP contribution is -2.20. The summed E-state index contributed by atoms with van der Waals surface area (Å²) in [7, 11) is 0. The number of anilines is 2. The fourth-order valence-corrected chi connectivity index (χ4v) is 1.72. The minimum Gasteiger partial charge on any atom is -0.366 e. The summed E-state index contributed by atoms with van der Waals surface area (Å²) >= 11 is 0. The maximum absolute atomic E-state index is 11.9. The van der Waals surface area contributed by atoms with Crippen molar-refractivity contribution in [3.8, 4) is 0 Å². The van der Waals surface area contributed by atoms with E-state index in [0.717, 1.165) is 5.56 Å². The highest BCUT2D eigenvalue weighted by Crippen LogP contribution is 2.17. The van der Waals surface area contributed by atoms with Crippen LogP contribution in [0.2, 0.25) is 0 Å². The van der Waals surface area contributed by atoms with Crippen molar-refractivity contribution in [2.24, 2.45) is 5.73 Å². The van der Waals surface area contributed by atoms with Gasteiger partial charge in [-0.2, -0.15) is 0 Å². The molecule has 102 valence electrons. The molecule has 0 fully saturated rings. The zero-order chi connectivity index (χ0) is 14.5. The number of rotatable bonds is 3. The van der Waals surface area contributed by atoms with Crippen LogP contribution in [0.25, 0.3) is 0 Å². The van der Waals surface area contributed by atoms with Crippen molar-refractivity contribution in [3.63, 3.8) is 0 Å². The lowest BCUT2D eigenvalue weighted by Gasteiger charge is -2.10. The first kappa shape index (κ1) is 13.6. The average Bonchev–Trinajstić information content (AvgIpc) is 2.42. The van der Waals surface area contributed by atoms with E-state index in [1.807, 2.05) is 25.1 Å². The van der Waals surface area contributed by atoms with E-state index in [4.69, 9.17) is 5.73 Å². The molecule has 5 nitrogen and oxygen atoms in total. The van der Waals surface area contributed by atoms with Gasteiger partial charge >= 0.3 is 6.03 Å². The number of amides is 3. The van der Waals surface area contributed by atoms with E-state index in [1.54, 1.807) is 30.3 Å². The molecule has 2 rings (SSSR count). The van der Waals surface area contributed by atoms with E-state index in [0.29, 0.717) is 16.9 Å². The number of nitrogens with two attached hydrogens (primary N) is 1. The number of carbonyl (C=O) groups is 2. The number of benzene rings is 2. The lowest BCUT2D eigenvalue weighted by atomic mass is 10.1. The fraction of sp³-hybridized carbons (Fsp3) is 0.0667. The Kier molecular flexibility index (Phi) is 4.00. The summed E-state index contributed by atoms with van der Waals surface area (Å²) in [4.78, 5) is 23.0. The Morgan fingerprint density at radius 2 is 1.70 bits per heavy atom. The standard InChI is InChI=1S/C15H15N3O2/c1-10-7-8-11(14(16)19)9-13(10)18-15(20)17-12-5-3-2-4-6-12/h2-9H,1H3,(H2,16,19)(H2,17,18,20). The number of nitrogens with one attached hydrogen (secondary N) is 2. The zero-order valence-electron chi connectivity index (χ0n) is 11.0. The predicted molar refractivity (Wildman–Crippen MR) is 78.8 cm³/mol. The van der Waals surface area contributed by atoms with Gasteiger partial charge in [0.05, 0.1) is 0 Å². The fourth-order valence-electron chi connectivity index (χ4n) is 1.72. The molecule has 0 atom stereocenters. The summed E-state index contributed by atoms with van der Waals surface area (Å²) < 4.78 is 0. The summed E-state index contributed by atoms with van der Waals surface area (Å²) in [5.41, 5.74) is 7.66. The normalized spacial score (nSPS) is 9.85. The molecule has 3 amide bonds. The minimum absolute atomic E-state index is 0.352. The van der Waals surface area contributed by atoms with Crippen molar-refractivity contribution < 1.29 is 9.59 Å². The number of aryl methyl sites for hydroxylation is 1. The molecule has 0 saturated heterocycles. The molecule has 2 aromatic rings. The molecule has 2 aromatic carbocycles. The summed E-state index contributed by atoms with van der Waals surface area (Å²) in [6.07, 6.45) is 0. The van der Waals surface area contributed by atoms with Gasteiger partial charge in [0.1, 0.15) is 0 Å². The van der Waals surface area contributed by atoms with Gasteiger partial charge < -0.3 is 16.4 Å². The van der Waals surface area contributed by atoms with Crippen molar-refractivity contribution in [2.45, 2.75) is 6.92 Å². The van der Waals surface area contributed by atoms with E-state index in [-0.39, 0.29) is 6.03 Å². The van der Waals surface area contributed by atoms with Crippen LogP contribution in [0, 0.1) is 6.92 Å². The summed E-state index contributed by atoms with van der Waals surface area (Å²) in [6.45, 7) is 1.84. The van der Waals surface area contributed by atoms with Gasteiger partial charge in [-0.1, -0.05) is 24.3 Å². The summed E-state index contributed by atoms with van der Waals surface area (Å²) in [6, 6.07) is 13.6. The van der Waals surface area contributed by atoms with Gasteiger partial charge in [0.15, 0.2) is 0 Å².